The lowest BCUT2D eigenvalue weighted by Crippen LogP contribution is -2.50. The van der Waals surface area contributed by atoms with Gasteiger partial charge in [0.2, 0.25) is 0 Å². The van der Waals surface area contributed by atoms with E-state index in [9.17, 15) is 4.79 Å². The summed E-state index contributed by atoms with van der Waals surface area (Å²) in [7, 11) is 2.10. The highest BCUT2D eigenvalue weighted by atomic mass is 16.6. The van der Waals surface area contributed by atoms with Gasteiger partial charge in [0.05, 0.1) is 5.54 Å². The third-order valence-electron chi connectivity index (χ3n) is 3.39. The molecule has 2 rings (SSSR count). The average Bonchev–Trinajstić information content (AvgIpc) is 2.72. The van der Waals surface area contributed by atoms with E-state index in [1.54, 1.807) is 0 Å². The largest absolute Gasteiger partial charge is 0.444 e. The number of carbonyl (C=O) groups excluding carboxylic acids is 1. The molecule has 2 aliphatic rings. The zero-order chi connectivity index (χ0) is 12.0. The Labute approximate surface area is 97.3 Å². The Kier molecular flexibility index (Phi) is 2.65. The van der Waals surface area contributed by atoms with Crippen LogP contribution in [-0.2, 0) is 4.74 Å². The maximum atomic E-state index is 11.7. The molecule has 92 valence electrons. The van der Waals surface area contributed by atoms with Crippen LogP contribution in [-0.4, -0.2) is 42.3 Å². The van der Waals surface area contributed by atoms with Crippen LogP contribution in [0.15, 0.2) is 0 Å². The smallest absolute Gasteiger partial charge is 0.408 e. The summed E-state index contributed by atoms with van der Waals surface area (Å²) >= 11 is 0. The number of likely N-dealkylation sites (N-methyl/N-ethyl adjacent to an activating group) is 1. The first-order valence-corrected chi connectivity index (χ1v) is 6.00. The number of nitrogens with one attached hydrogen (secondary N) is 1. The molecule has 0 aromatic carbocycles. The number of hydrogen-bond donors (Lipinski definition) is 1. The van der Waals surface area contributed by atoms with Gasteiger partial charge in [-0.05, 0) is 53.1 Å². The first-order chi connectivity index (χ1) is 7.31. The van der Waals surface area contributed by atoms with Crippen LogP contribution in [0.4, 0.5) is 4.79 Å². The van der Waals surface area contributed by atoms with Gasteiger partial charge in [-0.2, -0.15) is 0 Å². The van der Waals surface area contributed by atoms with E-state index >= 15 is 0 Å². The third-order valence-corrected chi connectivity index (χ3v) is 3.39. The van der Waals surface area contributed by atoms with E-state index in [4.69, 9.17) is 4.74 Å². The second-order valence-corrected chi connectivity index (χ2v) is 6.21. The molecule has 4 nitrogen and oxygen atoms in total. The number of fused-ring (bicyclic) bond motifs is 1. The summed E-state index contributed by atoms with van der Waals surface area (Å²) in [6.07, 6.45) is 2.02. The van der Waals surface area contributed by atoms with Crippen molar-refractivity contribution in [1.82, 2.24) is 10.2 Å². The number of nitrogens with zero attached hydrogens (tertiary/aromatic N) is 1. The highest BCUT2D eigenvalue weighted by Gasteiger charge is 2.57. The van der Waals surface area contributed by atoms with Crippen molar-refractivity contribution in [3.05, 3.63) is 0 Å². The van der Waals surface area contributed by atoms with Gasteiger partial charge in [0.15, 0.2) is 0 Å². The van der Waals surface area contributed by atoms with Gasteiger partial charge in [-0.1, -0.05) is 0 Å². The Bertz CT molecular complexity index is 298. The van der Waals surface area contributed by atoms with Gasteiger partial charge >= 0.3 is 6.09 Å². The van der Waals surface area contributed by atoms with Crippen LogP contribution in [0.2, 0.25) is 0 Å². The molecule has 0 aromatic heterocycles. The Hall–Kier alpha value is -0.770. The standard InChI is InChI=1S/C12H22N2O2/c1-11(2,3)16-10(15)13-12-7-9(12)5-6-14(4)8-12/h9H,5-8H2,1-4H3,(H,13,15). The van der Waals surface area contributed by atoms with Crippen LogP contribution in [0.25, 0.3) is 0 Å². The van der Waals surface area contributed by atoms with E-state index in [1.807, 2.05) is 20.8 Å². The molecule has 2 unspecified atom stereocenters. The SMILES string of the molecule is CN1CCC2CC2(NC(=O)OC(C)(C)C)C1. The monoisotopic (exact) mass is 226 g/mol. The highest BCUT2D eigenvalue weighted by molar-refractivity contribution is 5.69. The van der Waals surface area contributed by atoms with Crippen molar-refractivity contribution in [2.45, 2.75) is 44.8 Å². The van der Waals surface area contributed by atoms with Crippen molar-refractivity contribution in [3.63, 3.8) is 0 Å². The quantitative estimate of drug-likeness (QED) is 0.738. The van der Waals surface area contributed by atoms with Crippen molar-refractivity contribution in [1.29, 1.82) is 0 Å². The van der Waals surface area contributed by atoms with E-state index in [-0.39, 0.29) is 11.6 Å². The van der Waals surface area contributed by atoms with Gasteiger partial charge in [-0.25, -0.2) is 4.79 Å². The second kappa shape index (κ2) is 3.62. The van der Waals surface area contributed by atoms with Crippen LogP contribution < -0.4 is 5.32 Å². The van der Waals surface area contributed by atoms with Gasteiger partial charge in [0, 0.05) is 6.54 Å². The third kappa shape index (κ3) is 2.48. The number of alkyl carbamates (subject to hydrolysis) is 1. The summed E-state index contributed by atoms with van der Waals surface area (Å²) in [5.41, 5.74) is -0.402. The molecule has 1 N–H and O–H groups in total. The summed E-state index contributed by atoms with van der Waals surface area (Å²) in [4.78, 5) is 14.0. The van der Waals surface area contributed by atoms with Gasteiger partial charge in [0.25, 0.3) is 0 Å². The van der Waals surface area contributed by atoms with Crippen LogP contribution >= 0.6 is 0 Å². The van der Waals surface area contributed by atoms with Gasteiger partial charge in [0.1, 0.15) is 5.60 Å². The van der Waals surface area contributed by atoms with E-state index in [0.717, 1.165) is 19.5 Å². The first kappa shape index (κ1) is 11.7. The normalized spacial score (nSPS) is 34.1. The molecule has 4 heteroatoms. The van der Waals surface area contributed by atoms with Crippen LogP contribution in [0.3, 0.4) is 0 Å². The molecule has 1 aliphatic heterocycles. The van der Waals surface area contributed by atoms with Crippen molar-refractivity contribution in [2.75, 3.05) is 20.1 Å². The molecule has 2 fully saturated rings. The number of piperidine rings is 1. The fourth-order valence-electron chi connectivity index (χ4n) is 2.59. The fraction of sp³-hybridized carbons (Fsp3) is 0.917. The fourth-order valence-corrected chi connectivity index (χ4v) is 2.59. The van der Waals surface area contributed by atoms with Crippen LogP contribution in [0.1, 0.15) is 33.6 Å². The molecule has 0 radical (unpaired) electrons. The summed E-state index contributed by atoms with van der Waals surface area (Å²) in [6, 6.07) is 0. The lowest BCUT2D eigenvalue weighted by molar-refractivity contribution is 0.0465. The number of amides is 1. The molecular formula is C12H22N2O2. The summed E-state index contributed by atoms with van der Waals surface area (Å²) in [5, 5.41) is 3.05. The molecule has 0 bridgehead atoms. The highest BCUT2D eigenvalue weighted by Crippen LogP contribution is 2.49. The van der Waals surface area contributed by atoms with Gasteiger partial charge in [-0.3, -0.25) is 0 Å². The minimum atomic E-state index is -0.411. The van der Waals surface area contributed by atoms with Crippen molar-refractivity contribution in [2.24, 2.45) is 5.92 Å². The molecule has 0 spiro atoms. The number of likely N-dealkylation sites (tertiary alicyclic amines) is 1. The van der Waals surface area contributed by atoms with Gasteiger partial charge in [-0.15, -0.1) is 0 Å². The molecule has 2 atom stereocenters. The number of ether oxygens (including phenoxy) is 1. The van der Waals surface area contributed by atoms with Crippen molar-refractivity contribution in [3.8, 4) is 0 Å². The van der Waals surface area contributed by atoms with Crippen molar-refractivity contribution >= 4 is 6.09 Å². The van der Waals surface area contributed by atoms with E-state index in [0.29, 0.717) is 5.92 Å². The van der Waals surface area contributed by atoms with E-state index in [1.165, 1.54) is 6.42 Å². The topological polar surface area (TPSA) is 41.6 Å². The number of hydrogen-bond acceptors (Lipinski definition) is 3. The molecule has 1 amide bonds. The minimum absolute atomic E-state index is 0.00926. The molecule has 16 heavy (non-hydrogen) atoms. The minimum Gasteiger partial charge on any atom is -0.444 e. The maximum absolute atomic E-state index is 11.7. The maximum Gasteiger partial charge on any atom is 0.408 e. The molecular weight excluding hydrogens is 204 g/mol. The summed E-state index contributed by atoms with van der Waals surface area (Å²) in [6.45, 7) is 7.77. The second-order valence-electron chi connectivity index (χ2n) is 6.21. The predicted octanol–water partition coefficient (Wildman–Crippen LogP) is 1.61. The Morgan fingerprint density at radius 1 is 1.50 bits per heavy atom. The van der Waals surface area contributed by atoms with Gasteiger partial charge < -0.3 is 15.0 Å². The molecule has 1 saturated carbocycles. The summed E-state index contributed by atoms with van der Waals surface area (Å²) in [5.74, 6) is 0.663. The Morgan fingerprint density at radius 2 is 2.19 bits per heavy atom. The first-order valence-electron chi connectivity index (χ1n) is 6.00. The van der Waals surface area contributed by atoms with Crippen LogP contribution in [0.5, 0.6) is 0 Å². The Morgan fingerprint density at radius 3 is 2.81 bits per heavy atom. The molecule has 1 heterocycles. The molecule has 1 saturated heterocycles. The number of carbonyl (C=O) groups is 1. The average molecular weight is 226 g/mol. The van der Waals surface area contributed by atoms with E-state index in [2.05, 4.69) is 17.3 Å². The lowest BCUT2D eigenvalue weighted by Gasteiger charge is -2.31. The zero-order valence-corrected chi connectivity index (χ0v) is 10.7. The zero-order valence-electron chi connectivity index (χ0n) is 10.7. The lowest BCUT2D eigenvalue weighted by atomic mass is 10.1. The number of rotatable bonds is 1. The Balaban J connectivity index is 1.88. The van der Waals surface area contributed by atoms with Crippen molar-refractivity contribution < 1.29 is 9.53 Å². The van der Waals surface area contributed by atoms with Crippen LogP contribution in [0, 0.1) is 5.92 Å². The predicted molar refractivity (Wildman–Crippen MR) is 62.3 cm³/mol. The molecule has 0 aromatic rings. The molecule has 1 aliphatic carbocycles. The van der Waals surface area contributed by atoms with E-state index < -0.39 is 5.60 Å². The summed E-state index contributed by atoms with van der Waals surface area (Å²) < 4.78 is 5.30.